The first kappa shape index (κ1) is 22.9. The zero-order valence-electron chi connectivity index (χ0n) is 14.7. The van der Waals surface area contributed by atoms with Gasteiger partial charge in [-0.3, -0.25) is 4.90 Å². The number of halogens is 5. The Morgan fingerprint density at radius 1 is 1.23 bits per heavy atom. The van der Waals surface area contributed by atoms with Crippen molar-refractivity contribution in [3.05, 3.63) is 35.6 Å². The second kappa shape index (κ2) is 10.9. The molecule has 1 aromatic carbocycles. The molecule has 0 amide bonds. The number of nitrogens with zero attached hydrogens (tertiary/aromatic N) is 2. The van der Waals surface area contributed by atoms with E-state index in [0.717, 1.165) is 12.0 Å². The van der Waals surface area contributed by atoms with E-state index in [1.165, 1.54) is 17.0 Å². The van der Waals surface area contributed by atoms with Crippen LogP contribution in [0.2, 0.25) is 0 Å². The lowest BCUT2D eigenvalue weighted by atomic mass is 10.1. The predicted molar refractivity (Wildman–Crippen MR) is 105 cm³/mol. The Balaban J connectivity index is 0.00000338. The van der Waals surface area contributed by atoms with Gasteiger partial charge in [-0.1, -0.05) is 12.1 Å². The molecule has 148 valence electrons. The molecule has 1 unspecified atom stereocenters. The Bertz CT molecular complexity index is 563. The molecule has 2 rings (SSSR count). The maximum Gasteiger partial charge on any atom is 0.401 e. The summed E-state index contributed by atoms with van der Waals surface area (Å²) < 4.78 is 50.2. The number of alkyl halides is 3. The van der Waals surface area contributed by atoms with Crippen molar-refractivity contribution in [2.24, 2.45) is 10.9 Å². The molecule has 0 radical (unpaired) electrons. The normalized spacial score (nSPS) is 18.5. The minimum Gasteiger partial charge on any atom is -0.357 e. The van der Waals surface area contributed by atoms with E-state index in [0.29, 0.717) is 38.7 Å². The van der Waals surface area contributed by atoms with Crippen LogP contribution in [0.1, 0.15) is 18.9 Å². The van der Waals surface area contributed by atoms with E-state index in [-0.39, 0.29) is 35.7 Å². The first-order valence-electron chi connectivity index (χ1n) is 8.41. The van der Waals surface area contributed by atoms with E-state index in [1.807, 2.05) is 6.92 Å². The molecule has 2 N–H and O–H groups in total. The summed E-state index contributed by atoms with van der Waals surface area (Å²) in [5, 5.41) is 6.29. The zero-order chi connectivity index (χ0) is 18.3. The molecule has 1 fully saturated rings. The average Bonchev–Trinajstić information content (AvgIpc) is 2.97. The number of guanidine groups is 1. The van der Waals surface area contributed by atoms with Gasteiger partial charge in [0.1, 0.15) is 5.82 Å². The maximum absolute atomic E-state index is 12.9. The smallest absolute Gasteiger partial charge is 0.357 e. The molecule has 9 heteroatoms. The number of likely N-dealkylation sites (tertiary alicyclic amines) is 1. The van der Waals surface area contributed by atoms with Crippen molar-refractivity contribution in [3.8, 4) is 0 Å². The molecule has 1 atom stereocenters. The monoisotopic (exact) mass is 488 g/mol. The topological polar surface area (TPSA) is 39.7 Å². The van der Waals surface area contributed by atoms with Crippen LogP contribution in [0.5, 0.6) is 0 Å². The summed E-state index contributed by atoms with van der Waals surface area (Å²) in [6.07, 6.45) is -3.41. The molecule has 1 aliphatic heterocycles. The van der Waals surface area contributed by atoms with E-state index in [2.05, 4.69) is 15.6 Å². The van der Waals surface area contributed by atoms with Gasteiger partial charge in [0.05, 0.1) is 13.1 Å². The molecule has 4 nitrogen and oxygen atoms in total. The van der Waals surface area contributed by atoms with Gasteiger partial charge in [-0.15, -0.1) is 24.0 Å². The van der Waals surface area contributed by atoms with Crippen molar-refractivity contribution in [2.75, 3.05) is 32.7 Å². The third-order valence-electron chi connectivity index (χ3n) is 4.01. The van der Waals surface area contributed by atoms with Gasteiger partial charge in [0, 0.05) is 19.6 Å². The first-order chi connectivity index (χ1) is 11.9. The fourth-order valence-electron chi connectivity index (χ4n) is 2.82. The molecular weight excluding hydrogens is 463 g/mol. The summed E-state index contributed by atoms with van der Waals surface area (Å²) in [7, 11) is 0. The van der Waals surface area contributed by atoms with Crippen LogP contribution >= 0.6 is 24.0 Å². The Morgan fingerprint density at radius 3 is 2.54 bits per heavy atom. The molecule has 1 saturated heterocycles. The number of hydrogen-bond donors (Lipinski definition) is 2. The van der Waals surface area contributed by atoms with Crippen LogP contribution in [-0.4, -0.2) is 49.8 Å². The molecule has 0 spiro atoms. The van der Waals surface area contributed by atoms with Gasteiger partial charge >= 0.3 is 6.18 Å². The standard InChI is InChI=1S/C17H24F4N4.HI/c1-2-22-16(23-9-13-3-5-15(18)6-4-13)24-10-14-7-8-25(11-14)12-17(19,20)21;/h3-6,14H,2,7-12H2,1H3,(H2,22,23,24);1H. The summed E-state index contributed by atoms with van der Waals surface area (Å²) in [6.45, 7) is 3.65. The molecule has 0 saturated carbocycles. The SMILES string of the molecule is CCNC(=NCc1ccc(F)cc1)NCC1CCN(CC(F)(F)F)C1.I. The molecule has 1 aliphatic rings. The van der Waals surface area contributed by atoms with Gasteiger partial charge in [0.2, 0.25) is 0 Å². The third kappa shape index (κ3) is 8.52. The Labute approximate surface area is 168 Å². The minimum atomic E-state index is -4.14. The van der Waals surface area contributed by atoms with Crippen molar-refractivity contribution < 1.29 is 17.6 Å². The summed E-state index contributed by atoms with van der Waals surface area (Å²) >= 11 is 0. The number of rotatable bonds is 6. The van der Waals surface area contributed by atoms with Crippen molar-refractivity contribution in [1.82, 2.24) is 15.5 Å². The number of aliphatic imine (C=N–C) groups is 1. The van der Waals surface area contributed by atoms with Crippen LogP contribution in [0, 0.1) is 11.7 Å². The molecule has 1 heterocycles. The molecule has 0 aromatic heterocycles. The van der Waals surface area contributed by atoms with E-state index < -0.39 is 12.7 Å². The summed E-state index contributed by atoms with van der Waals surface area (Å²) in [4.78, 5) is 5.87. The fourth-order valence-corrected chi connectivity index (χ4v) is 2.82. The highest BCUT2D eigenvalue weighted by Gasteiger charge is 2.34. The van der Waals surface area contributed by atoms with Gasteiger partial charge in [0.25, 0.3) is 0 Å². The van der Waals surface area contributed by atoms with Crippen molar-refractivity contribution in [2.45, 2.75) is 26.1 Å². The van der Waals surface area contributed by atoms with Crippen LogP contribution in [-0.2, 0) is 6.54 Å². The quantitative estimate of drug-likeness (QED) is 0.279. The number of benzene rings is 1. The largest absolute Gasteiger partial charge is 0.401 e. The number of hydrogen-bond acceptors (Lipinski definition) is 2. The van der Waals surface area contributed by atoms with Crippen molar-refractivity contribution >= 4 is 29.9 Å². The third-order valence-corrected chi connectivity index (χ3v) is 4.01. The van der Waals surface area contributed by atoms with Gasteiger partial charge in [0.15, 0.2) is 5.96 Å². The van der Waals surface area contributed by atoms with Crippen LogP contribution < -0.4 is 10.6 Å². The highest BCUT2D eigenvalue weighted by Crippen LogP contribution is 2.22. The Hall–Kier alpha value is -1.10. The minimum absolute atomic E-state index is 0. The average molecular weight is 488 g/mol. The summed E-state index contributed by atoms with van der Waals surface area (Å²) in [5.74, 6) is 0.487. The van der Waals surface area contributed by atoms with Crippen LogP contribution in [0.25, 0.3) is 0 Å². The lowest BCUT2D eigenvalue weighted by molar-refractivity contribution is -0.143. The molecule has 0 bridgehead atoms. The lowest BCUT2D eigenvalue weighted by Gasteiger charge is -2.18. The molecular formula is C17H25F4IN4. The van der Waals surface area contributed by atoms with Gasteiger partial charge in [-0.2, -0.15) is 13.2 Å². The Morgan fingerprint density at radius 2 is 1.92 bits per heavy atom. The molecule has 0 aliphatic carbocycles. The second-order valence-electron chi connectivity index (χ2n) is 6.21. The van der Waals surface area contributed by atoms with Gasteiger partial charge in [-0.25, -0.2) is 9.38 Å². The second-order valence-corrected chi connectivity index (χ2v) is 6.21. The first-order valence-corrected chi connectivity index (χ1v) is 8.41. The van der Waals surface area contributed by atoms with Crippen molar-refractivity contribution in [3.63, 3.8) is 0 Å². The summed E-state index contributed by atoms with van der Waals surface area (Å²) in [6, 6.07) is 6.13. The van der Waals surface area contributed by atoms with E-state index in [1.54, 1.807) is 12.1 Å². The van der Waals surface area contributed by atoms with Gasteiger partial charge < -0.3 is 10.6 Å². The van der Waals surface area contributed by atoms with E-state index in [4.69, 9.17) is 0 Å². The fraction of sp³-hybridized carbons (Fsp3) is 0.588. The van der Waals surface area contributed by atoms with Crippen LogP contribution in [0.4, 0.5) is 17.6 Å². The van der Waals surface area contributed by atoms with Crippen LogP contribution in [0.3, 0.4) is 0 Å². The van der Waals surface area contributed by atoms with Crippen LogP contribution in [0.15, 0.2) is 29.3 Å². The van der Waals surface area contributed by atoms with Crippen molar-refractivity contribution in [1.29, 1.82) is 0 Å². The molecule has 1 aromatic rings. The number of nitrogens with one attached hydrogen (secondary N) is 2. The summed E-state index contributed by atoms with van der Waals surface area (Å²) in [5.41, 5.74) is 0.885. The van der Waals surface area contributed by atoms with Gasteiger partial charge in [-0.05, 0) is 43.5 Å². The Kier molecular flexibility index (Phi) is 9.62. The lowest BCUT2D eigenvalue weighted by Crippen LogP contribution is -2.40. The predicted octanol–water partition coefficient (Wildman–Crippen LogP) is 3.38. The zero-order valence-corrected chi connectivity index (χ0v) is 17.0. The molecule has 26 heavy (non-hydrogen) atoms. The van der Waals surface area contributed by atoms with E-state index in [9.17, 15) is 17.6 Å². The highest BCUT2D eigenvalue weighted by molar-refractivity contribution is 14.0. The van der Waals surface area contributed by atoms with E-state index >= 15 is 0 Å². The highest BCUT2D eigenvalue weighted by atomic mass is 127. The maximum atomic E-state index is 12.9.